The molecule has 1 aliphatic heterocycles. The summed E-state index contributed by atoms with van der Waals surface area (Å²) in [6.45, 7) is 6.28. The van der Waals surface area contributed by atoms with Crippen LogP contribution in [0.1, 0.15) is 26.7 Å². The lowest BCUT2D eigenvalue weighted by Crippen LogP contribution is -3.15. The van der Waals surface area contributed by atoms with Crippen LogP contribution in [0, 0.1) is 0 Å². The highest BCUT2D eigenvalue weighted by Crippen LogP contribution is 2.30. The summed E-state index contributed by atoms with van der Waals surface area (Å²) >= 11 is 12.0. The van der Waals surface area contributed by atoms with Crippen molar-refractivity contribution in [1.29, 1.82) is 0 Å². The standard InChI is InChI=1S/C17H25Cl2N3O3S/c1-3-5-13(2)20-16(23)12-21-8-10-22(11-9-21)26(24,25)15-7-4-6-14(18)17(15)19/h4,6-7,13H,3,5,8-12H2,1-2H3,(H,20,23)/p+1/t13-/m1/s1. The molecule has 1 atom stereocenters. The smallest absolute Gasteiger partial charge is 0.275 e. The van der Waals surface area contributed by atoms with Crippen LogP contribution >= 0.6 is 23.2 Å². The molecule has 1 fully saturated rings. The minimum Gasteiger partial charge on any atom is -0.349 e. The Morgan fingerprint density at radius 1 is 1.31 bits per heavy atom. The molecule has 1 aliphatic rings. The molecule has 0 saturated carbocycles. The van der Waals surface area contributed by atoms with E-state index in [1.54, 1.807) is 12.1 Å². The van der Waals surface area contributed by atoms with Gasteiger partial charge in [0.05, 0.1) is 36.2 Å². The maximum atomic E-state index is 12.8. The van der Waals surface area contributed by atoms with Gasteiger partial charge in [0.1, 0.15) is 4.90 Å². The van der Waals surface area contributed by atoms with E-state index < -0.39 is 10.0 Å². The summed E-state index contributed by atoms with van der Waals surface area (Å²) in [4.78, 5) is 13.2. The molecule has 1 amide bonds. The Balaban J connectivity index is 1.93. The number of hydrogen-bond donors (Lipinski definition) is 2. The van der Waals surface area contributed by atoms with Crippen LogP contribution in [0.15, 0.2) is 23.1 Å². The first kappa shape index (κ1) is 21.4. The molecule has 6 nitrogen and oxygen atoms in total. The average Bonchev–Trinajstić information content (AvgIpc) is 2.57. The van der Waals surface area contributed by atoms with Crippen LogP contribution in [-0.4, -0.2) is 57.4 Å². The summed E-state index contributed by atoms with van der Waals surface area (Å²) < 4.78 is 27.0. The van der Waals surface area contributed by atoms with Gasteiger partial charge in [-0.2, -0.15) is 4.31 Å². The zero-order valence-corrected chi connectivity index (χ0v) is 17.4. The Labute approximate surface area is 165 Å². The number of nitrogens with zero attached hydrogens (tertiary/aromatic N) is 1. The SMILES string of the molecule is CCC[C@@H](C)NC(=O)C[NH+]1CCN(S(=O)(=O)c2cccc(Cl)c2Cl)CC1. The number of hydrogen-bond acceptors (Lipinski definition) is 3. The number of quaternary nitrogens is 1. The van der Waals surface area contributed by atoms with Crippen LogP contribution in [0.4, 0.5) is 0 Å². The first-order valence-corrected chi connectivity index (χ1v) is 11.0. The first-order chi connectivity index (χ1) is 12.3. The molecule has 1 aromatic carbocycles. The van der Waals surface area contributed by atoms with E-state index in [0.717, 1.165) is 17.7 Å². The summed E-state index contributed by atoms with van der Waals surface area (Å²) in [5.41, 5.74) is 0. The number of nitrogens with one attached hydrogen (secondary N) is 2. The highest BCUT2D eigenvalue weighted by Gasteiger charge is 2.32. The van der Waals surface area contributed by atoms with Crippen LogP contribution in [0.25, 0.3) is 0 Å². The van der Waals surface area contributed by atoms with E-state index in [1.165, 1.54) is 10.4 Å². The number of rotatable bonds is 7. The summed E-state index contributed by atoms with van der Waals surface area (Å²) in [6, 6.07) is 4.76. The Morgan fingerprint density at radius 3 is 2.58 bits per heavy atom. The average molecular weight is 423 g/mol. The van der Waals surface area contributed by atoms with Crippen LogP contribution in [-0.2, 0) is 14.8 Å². The second kappa shape index (κ2) is 9.37. The van der Waals surface area contributed by atoms with Crippen LogP contribution in [0.5, 0.6) is 0 Å². The van der Waals surface area contributed by atoms with Gasteiger partial charge >= 0.3 is 0 Å². The van der Waals surface area contributed by atoms with Gasteiger partial charge in [-0.1, -0.05) is 42.6 Å². The number of piperazine rings is 1. The lowest BCUT2D eigenvalue weighted by molar-refractivity contribution is -0.895. The van der Waals surface area contributed by atoms with Crippen molar-refractivity contribution in [3.8, 4) is 0 Å². The van der Waals surface area contributed by atoms with Gasteiger partial charge in [0.25, 0.3) is 5.91 Å². The second-order valence-electron chi connectivity index (χ2n) is 6.64. The highest BCUT2D eigenvalue weighted by atomic mass is 35.5. The number of amides is 1. The van der Waals surface area contributed by atoms with Gasteiger partial charge in [-0.05, 0) is 25.5 Å². The highest BCUT2D eigenvalue weighted by molar-refractivity contribution is 7.89. The second-order valence-corrected chi connectivity index (χ2v) is 9.33. The van der Waals surface area contributed by atoms with Gasteiger partial charge in [-0.25, -0.2) is 8.42 Å². The third-order valence-electron chi connectivity index (χ3n) is 4.50. The monoisotopic (exact) mass is 422 g/mol. The number of carbonyl (C=O) groups excluding carboxylic acids is 1. The molecule has 1 saturated heterocycles. The summed E-state index contributed by atoms with van der Waals surface area (Å²) in [7, 11) is -3.69. The predicted molar refractivity (Wildman–Crippen MR) is 103 cm³/mol. The van der Waals surface area contributed by atoms with Crippen molar-refractivity contribution >= 4 is 39.1 Å². The molecule has 1 aromatic rings. The molecule has 146 valence electrons. The van der Waals surface area contributed by atoms with Gasteiger partial charge < -0.3 is 10.2 Å². The zero-order chi connectivity index (χ0) is 19.3. The van der Waals surface area contributed by atoms with Crippen molar-refractivity contribution in [3.63, 3.8) is 0 Å². The molecule has 0 unspecified atom stereocenters. The van der Waals surface area contributed by atoms with E-state index in [1.807, 2.05) is 6.92 Å². The van der Waals surface area contributed by atoms with Crippen molar-refractivity contribution in [2.75, 3.05) is 32.7 Å². The fraction of sp³-hybridized carbons (Fsp3) is 0.588. The predicted octanol–water partition coefficient (Wildman–Crippen LogP) is 1.19. The lowest BCUT2D eigenvalue weighted by Gasteiger charge is -2.31. The van der Waals surface area contributed by atoms with Gasteiger partial charge in [-0.3, -0.25) is 4.79 Å². The van der Waals surface area contributed by atoms with Crippen molar-refractivity contribution in [3.05, 3.63) is 28.2 Å². The number of benzene rings is 1. The molecule has 0 aliphatic carbocycles. The van der Waals surface area contributed by atoms with E-state index in [-0.39, 0.29) is 26.9 Å². The van der Waals surface area contributed by atoms with E-state index in [9.17, 15) is 13.2 Å². The van der Waals surface area contributed by atoms with Gasteiger partial charge in [0.2, 0.25) is 10.0 Å². The third-order valence-corrected chi connectivity index (χ3v) is 7.38. The van der Waals surface area contributed by atoms with Crippen LogP contribution in [0.3, 0.4) is 0 Å². The van der Waals surface area contributed by atoms with Crippen molar-refractivity contribution in [2.24, 2.45) is 0 Å². The quantitative estimate of drug-likeness (QED) is 0.692. The molecular formula is C17H26Cl2N3O3S+. The topological polar surface area (TPSA) is 70.9 Å². The summed E-state index contributed by atoms with van der Waals surface area (Å²) in [6.07, 6.45) is 1.98. The van der Waals surface area contributed by atoms with Crippen LogP contribution < -0.4 is 10.2 Å². The minimum atomic E-state index is -3.69. The van der Waals surface area contributed by atoms with E-state index >= 15 is 0 Å². The lowest BCUT2D eigenvalue weighted by atomic mass is 10.2. The summed E-state index contributed by atoms with van der Waals surface area (Å²) in [5.74, 6) is 0.00939. The molecule has 0 aromatic heterocycles. The molecule has 0 spiro atoms. The van der Waals surface area contributed by atoms with Crippen molar-refractivity contribution in [2.45, 2.75) is 37.6 Å². The minimum absolute atomic E-state index is 0.00939. The Kier molecular flexibility index (Phi) is 7.73. The maximum Gasteiger partial charge on any atom is 0.275 e. The molecule has 2 rings (SSSR count). The molecular weight excluding hydrogens is 397 g/mol. The molecule has 2 N–H and O–H groups in total. The van der Waals surface area contributed by atoms with E-state index in [2.05, 4.69) is 12.2 Å². The Hall–Kier alpha value is -0.860. The Morgan fingerprint density at radius 2 is 1.96 bits per heavy atom. The van der Waals surface area contributed by atoms with Gasteiger partial charge in [0.15, 0.2) is 6.54 Å². The maximum absolute atomic E-state index is 12.8. The summed E-state index contributed by atoms with van der Waals surface area (Å²) in [5, 5.41) is 3.25. The molecule has 0 radical (unpaired) electrons. The molecule has 26 heavy (non-hydrogen) atoms. The zero-order valence-electron chi connectivity index (χ0n) is 15.1. The molecule has 0 bridgehead atoms. The number of carbonyl (C=O) groups is 1. The van der Waals surface area contributed by atoms with E-state index in [0.29, 0.717) is 32.7 Å². The fourth-order valence-electron chi connectivity index (χ4n) is 3.10. The normalized spacial score (nSPS) is 17.8. The van der Waals surface area contributed by atoms with Gasteiger partial charge in [-0.15, -0.1) is 0 Å². The van der Waals surface area contributed by atoms with E-state index in [4.69, 9.17) is 23.2 Å². The molecule has 1 heterocycles. The number of sulfonamides is 1. The third kappa shape index (κ3) is 5.33. The van der Waals surface area contributed by atoms with Crippen LogP contribution in [0.2, 0.25) is 10.0 Å². The Bertz CT molecular complexity index is 735. The first-order valence-electron chi connectivity index (χ1n) is 8.82. The number of halogens is 2. The van der Waals surface area contributed by atoms with Crippen molar-refractivity contribution in [1.82, 2.24) is 9.62 Å². The largest absolute Gasteiger partial charge is 0.349 e. The van der Waals surface area contributed by atoms with Crippen molar-refractivity contribution < 1.29 is 18.1 Å². The fourth-order valence-corrected chi connectivity index (χ4v) is 5.28. The molecule has 9 heteroatoms. The van der Waals surface area contributed by atoms with Gasteiger partial charge in [0, 0.05) is 6.04 Å².